The van der Waals surface area contributed by atoms with Gasteiger partial charge in [-0.3, -0.25) is 4.79 Å². The highest BCUT2D eigenvalue weighted by molar-refractivity contribution is 7.81. The monoisotopic (exact) mass is 847 g/mol. The fourth-order valence-corrected chi connectivity index (χ4v) is 9.35. The molecule has 0 fully saturated rings. The van der Waals surface area contributed by atoms with Crippen molar-refractivity contribution in [2.45, 2.75) is 186 Å². The van der Waals surface area contributed by atoms with Gasteiger partial charge in [0, 0.05) is 53.2 Å². The molecule has 1 rings (SSSR count). The van der Waals surface area contributed by atoms with Gasteiger partial charge in [0.05, 0.1) is 12.4 Å². The minimum atomic E-state index is -0.678. The van der Waals surface area contributed by atoms with E-state index in [1.165, 1.54) is 19.3 Å². The normalized spacial score (nSPS) is 16.0. The molecular weight excluding hydrogens is 755 g/mol. The molecule has 0 saturated carbocycles. The number of nitrogens with one attached hydrogen (secondary N) is 1. The highest BCUT2D eigenvalue weighted by Gasteiger charge is 2.65. The number of nitrogens with two attached hydrogens (primary N) is 2. The fraction of sp³-hybridized carbons (Fsp3) is 0.712. The molecule has 4 unspecified atom stereocenters. The van der Waals surface area contributed by atoms with Gasteiger partial charge in [-0.15, -0.1) is 0 Å². The number of hydrazine groups is 1. The number of ketones is 1. The van der Waals surface area contributed by atoms with Crippen molar-refractivity contribution >= 4 is 31.7 Å². The lowest BCUT2D eigenvalue weighted by molar-refractivity contribution is -0.177. The quantitative estimate of drug-likeness (QED) is 0.0117. The Kier molecular flexibility index (Phi) is 21.9. The average Bonchev–Trinajstić information content (AvgIpc) is 3.15. The number of hydrogen-bond donors (Lipinski definition) is 4. The van der Waals surface area contributed by atoms with Gasteiger partial charge in [-0.05, 0) is 91.4 Å². The summed E-state index contributed by atoms with van der Waals surface area (Å²) >= 11 is 4.58. The van der Waals surface area contributed by atoms with Crippen LogP contribution in [0.25, 0.3) is 0 Å². The fourth-order valence-electron chi connectivity index (χ4n) is 9.22. The first-order valence-corrected chi connectivity index (χ1v) is 23.5. The zero-order chi connectivity index (χ0) is 46.3. The van der Waals surface area contributed by atoms with Crippen LogP contribution < -0.4 is 22.4 Å². The second-order valence-electron chi connectivity index (χ2n) is 21.2. The smallest absolute Gasteiger partial charge is 0.139 e. The Balaban J connectivity index is 3.17. The van der Waals surface area contributed by atoms with E-state index in [-0.39, 0.29) is 16.1 Å². The first-order chi connectivity index (χ1) is 27.5. The van der Waals surface area contributed by atoms with Crippen molar-refractivity contribution in [3.63, 3.8) is 0 Å². The summed E-state index contributed by atoms with van der Waals surface area (Å²) in [5, 5.41) is 5.19. The molecule has 5 N–H and O–H groups in total. The van der Waals surface area contributed by atoms with Gasteiger partial charge in [0.2, 0.25) is 0 Å². The van der Waals surface area contributed by atoms with Crippen molar-refractivity contribution in [3.8, 4) is 0 Å². The molecule has 0 amide bonds. The number of carbonyl (C=O) groups excluding carboxylic acids is 1. The maximum atomic E-state index is 14.9. The molecule has 0 aromatic heterocycles. The molecule has 6 nitrogen and oxygen atoms in total. The topological polar surface area (TPSA) is 93.6 Å². The zero-order valence-electron chi connectivity index (χ0n) is 41.2. The summed E-state index contributed by atoms with van der Waals surface area (Å²) in [6.07, 6.45) is 12.4. The van der Waals surface area contributed by atoms with Crippen LogP contribution in [0.5, 0.6) is 0 Å². The van der Waals surface area contributed by atoms with Crippen LogP contribution in [-0.4, -0.2) is 37.0 Å². The van der Waals surface area contributed by atoms with Crippen molar-refractivity contribution in [1.82, 2.24) is 10.3 Å². The molecule has 4 atom stereocenters. The Morgan fingerprint density at radius 2 is 1.50 bits per heavy atom. The molecule has 2 radical (unpaired) electrons. The van der Waals surface area contributed by atoms with E-state index in [4.69, 9.17) is 30.7 Å². The molecule has 0 aliphatic rings. The van der Waals surface area contributed by atoms with Gasteiger partial charge >= 0.3 is 0 Å². The van der Waals surface area contributed by atoms with E-state index >= 15 is 0 Å². The molecule has 0 aliphatic heterocycles. The van der Waals surface area contributed by atoms with E-state index in [1.54, 1.807) is 5.01 Å². The van der Waals surface area contributed by atoms with Gasteiger partial charge < -0.3 is 20.8 Å². The van der Waals surface area contributed by atoms with Crippen LogP contribution in [0, 0.1) is 38.4 Å². The predicted octanol–water partition coefficient (Wildman–Crippen LogP) is 12.5. The Hall–Kier alpha value is -2.58. The molecule has 8 heteroatoms. The van der Waals surface area contributed by atoms with Crippen LogP contribution in [0.15, 0.2) is 72.9 Å². The van der Waals surface area contributed by atoms with Gasteiger partial charge in [0.1, 0.15) is 13.6 Å². The number of Topliss-reactive ketones (excluding diaryl/α,β-unsaturated/α-hetero) is 1. The van der Waals surface area contributed by atoms with Gasteiger partial charge in [-0.1, -0.05) is 164 Å². The molecule has 0 heterocycles. The maximum absolute atomic E-state index is 14.9. The summed E-state index contributed by atoms with van der Waals surface area (Å²) in [6.45, 7) is 47.2. The van der Waals surface area contributed by atoms with Gasteiger partial charge in [-0.25, -0.2) is 5.84 Å². The molecule has 0 aliphatic carbocycles. The second kappa shape index (κ2) is 23.8. The van der Waals surface area contributed by atoms with E-state index < -0.39 is 21.7 Å². The maximum Gasteiger partial charge on any atom is 0.139 e. The molecule has 340 valence electrons. The molecule has 0 bridgehead atoms. The summed E-state index contributed by atoms with van der Waals surface area (Å²) in [7, 11) is 6.07. The number of thiol groups is 1. The Bertz CT molecular complexity index is 1570. The lowest BCUT2D eigenvalue weighted by atomic mass is 9.39. The first-order valence-electron chi connectivity index (χ1n) is 23.0. The largest absolute Gasteiger partial charge is 0.498 e. The summed E-state index contributed by atoms with van der Waals surface area (Å²) in [4.78, 5) is 14.9. The van der Waals surface area contributed by atoms with Crippen molar-refractivity contribution in [3.05, 3.63) is 78.5 Å². The average molecular weight is 847 g/mol. The highest BCUT2D eigenvalue weighted by Crippen LogP contribution is 2.68. The second-order valence-corrected chi connectivity index (χ2v) is 22.0. The lowest BCUT2D eigenvalue weighted by Gasteiger charge is -2.64. The van der Waals surface area contributed by atoms with Crippen LogP contribution in [0.4, 0.5) is 0 Å². The summed E-state index contributed by atoms with van der Waals surface area (Å²) in [5.74, 6) is 8.02. The Morgan fingerprint density at radius 1 is 0.883 bits per heavy atom. The highest BCUT2D eigenvalue weighted by atomic mass is 32.1. The summed E-state index contributed by atoms with van der Waals surface area (Å²) < 4.78 is 6.69. The molecule has 0 spiro atoms. The number of benzene rings is 1. The van der Waals surface area contributed by atoms with Crippen molar-refractivity contribution in [1.29, 1.82) is 0 Å². The number of hydrogen-bond acceptors (Lipinski definition) is 7. The zero-order valence-corrected chi connectivity index (χ0v) is 42.1. The van der Waals surface area contributed by atoms with Crippen LogP contribution in [-0.2, 0) is 16.1 Å². The van der Waals surface area contributed by atoms with Gasteiger partial charge in [0.25, 0.3) is 0 Å². The van der Waals surface area contributed by atoms with E-state index in [2.05, 4.69) is 128 Å². The number of carbonyl (C=O) groups is 1. The molecule has 0 saturated heterocycles. The third-order valence-corrected chi connectivity index (χ3v) is 15.8. The molecule has 1 aromatic rings. The molecular formula is C52H91BN4O2S. The van der Waals surface area contributed by atoms with Gasteiger partial charge in [-0.2, -0.15) is 12.6 Å². The van der Waals surface area contributed by atoms with E-state index in [1.807, 2.05) is 30.5 Å². The minimum absolute atomic E-state index is 0.0111. The van der Waals surface area contributed by atoms with Crippen LogP contribution in [0.2, 0.25) is 0 Å². The van der Waals surface area contributed by atoms with Crippen LogP contribution >= 0.6 is 12.6 Å². The third kappa shape index (κ3) is 14.8. The Labute approximate surface area is 377 Å². The molecule has 60 heavy (non-hydrogen) atoms. The third-order valence-electron chi connectivity index (χ3n) is 15.4. The van der Waals surface area contributed by atoms with E-state index in [0.717, 1.165) is 78.7 Å². The standard InChI is InChI=1S/C52H91BN4O2S/c1-18-19-27-39(3)48(10,11)37-51(16,42(6)59-34-25-26-38(2)41(5)60)49(12,13)50(14,15)52(17,47(7,8)9)46(58)32-22-23-33-57(55)36-44(54)30-24-28-40(4)56-35-43-29-20-21-31-45(43)53/h20-21,29,31,36,39,41,56,60H,2,4,6,18-19,22-28,30,32-35,37,54-55H2,1,3,5,7-17H3/b44-36-. The summed E-state index contributed by atoms with van der Waals surface area (Å²) in [6, 6.07) is 7.84. The van der Waals surface area contributed by atoms with Gasteiger partial charge in [0.15, 0.2) is 0 Å². The first kappa shape index (κ1) is 55.4. The SMILES string of the molecule is [B]c1ccccc1CNC(=C)CCC/C(N)=C/N(N)CCCCC(=O)C(C)(C(C)(C)C)C(C)(C)C(C)(C)C(C)(CC(C)(C)C(C)CCCC)C(=C)OCCCC(=C)C(C)S. The van der Waals surface area contributed by atoms with Crippen molar-refractivity contribution in [2.75, 3.05) is 13.2 Å². The number of ether oxygens (including phenoxy) is 1. The Morgan fingerprint density at radius 3 is 2.07 bits per heavy atom. The van der Waals surface area contributed by atoms with E-state index in [0.29, 0.717) is 44.2 Å². The van der Waals surface area contributed by atoms with E-state index in [9.17, 15) is 4.79 Å². The predicted molar refractivity (Wildman–Crippen MR) is 266 cm³/mol. The van der Waals surface area contributed by atoms with Crippen molar-refractivity contribution < 1.29 is 9.53 Å². The number of allylic oxidation sites excluding steroid dienone is 3. The van der Waals surface area contributed by atoms with Crippen LogP contribution in [0.1, 0.15) is 180 Å². The number of unbranched alkanes of at least 4 members (excludes halogenated alkanes) is 2. The minimum Gasteiger partial charge on any atom is -0.498 e. The van der Waals surface area contributed by atoms with Crippen LogP contribution in [0.3, 0.4) is 0 Å². The molecule has 1 aromatic carbocycles. The lowest BCUT2D eigenvalue weighted by Crippen LogP contribution is -2.61. The number of nitrogens with zero attached hydrogens (tertiary/aromatic N) is 1. The summed E-state index contributed by atoms with van der Waals surface area (Å²) in [5.41, 5.74) is 8.69. The van der Waals surface area contributed by atoms with Crippen molar-refractivity contribution in [2.24, 2.45) is 50.0 Å². The number of rotatable bonds is 30.